The lowest BCUT2D eigenvalue weighted by Crippen LogP contribution is -2.46. The molecule has 0 saturated carbocycles. The second-order valence-corrected chi connectivity index (χ2v) is 8.34. The lowest BCUT2D eigenvalue weighted by atomic mass is 10.0. The minimum absolute atomic E-state index is 0.221. The van der Waals surface area contributed by atoms with Gasteiger partial charge in [-0.2, -0.15) is 5.10 Å². The third-order valence-electron chi connectivity index (χ3n) is 6.04. The van der Waals surface area contributed by atoms with Gasteiger partial charge in [-0.15, -0.1) is 5.10 Å². The molecule has 0 aliphatic carbocycles. The molecule has 0 N–H and O–H groups in total. The van der Waals surface area contributed by atoms with Crippen molar-refractivity contribution in [1.29, 1.82) is 0 Å². The Kier molecular flexibility index (Phi) is 4.84. The Hall–Kier alpha value is -3.03. The van der Waals surface area contributed by atoms with Crippen molar-refractivity contribution in [2.75, 3.05) is 26.7 Å². The smallest absolute Gasteiger partial charge is 0.109 e. The fraction of sp³-hybridized carbons (Fsp3) is 0.348. The lowest BCUT2D eigenvalue weighted by Gasteiger charge is -2.38. The Labute approximate surface area is 176 Å². The first kappa shape index (κ1) is 19.0. The fourth-order valence-electron chi connectivity index (χ4n) is 4.25. The van der Waals surface area contributed by atoms with Gasteiger partial charge in [0.05, 0.1) is 17.8 Å². The highest BCUT2D eigenvalue weighted by molar-refractivity contribution is 5.66. The fourth-order valence-corrected chi connectivity index (χ4v) is 4.25. The number of pyridine rings is 1. The summed E-state index contributed by atoms with van der Waals surface area (Å²) in [4.78, 5) is 4.87. The molecule has 0 radical (unpaired) electrons. The molecule has 0 amide bonds. The van der Waals surface area contributed by atoms with Gasteiger partial charge in [0.15, 0.2) is 0 Å². The zero-order valence-corrected chi connectivity index (χ0v) is 17.7. The molecule has 0 spiro atoms. The van der Waals surface area contributed by atoms with Crippen molar-refractivity contribution < 1.29 is 0 Å². The first-order valence-electron chi connectivity index (χ1n) is 10.4. The van der Waals surface area contributed by atoms with Gasteiger partial charge in [-0.3, -0.25) is 14.5 Å². The highest BCUT2D eigenvalue weighted by Crippen LogP contribution is 2.28. The summed E-state index contributed by atoms with van der Waals surface area (Å²) >= 11 is 0. The van der Waals surface area contributed by atoms with Gasteiger partial charge in [0.2, 0.25) is 0 Å². The molecule has 1 atom stereocenters. The van der Waals surface area contributed by atoms with E-state index < -0.39 is 0 Å². The van der Waals surface area contributed by atoms with E-state index in [1.165, 1.54) is 16.7 Å². The molecule has 5 rings (SSSR count). The summed E-state index contributed by atoms with van der Waals surface area (Å²) in [7, 11) is 4.14. The maximum atomic E-state index is 4.59. The van der Waals surface area contributed by atoms with E-state index in [1.807, 2.05) is 22.4 Å². The SMILES string of the molecule is Cc1ccc(-c2ccc3c(C4CN(Cc5cnn(C)c5)CCN4C)nnn3c2)cc1. The molecular formula is C23H27N7. The van der Waals surface area contributed by atoms with Crippen LogP contribution in [0, 0.1) is 6.92 Å². The number of benzene rings is 1. The van der Waals surface area contributed by atoms with Gasteiger partial charge in [0, 0.05) is 56.7 Å². The molecule has 1 unspecified atom stereocenters. The topological polar surface area (TPSA) is 54.5 Å². The molecule has 7 heteroatoms. The van der Waals surface area contributed by atoms with E-state index in [0.29, 0.717) is 0 Å². The molecule has 7 nitrogen and oxygen atoms in total. The van der Waals surface area contributed by atoms with Crippen LogP contribution < -0.4 is 0 Å². The molecule has 1 aliphatic heterocycles. The molecule has 1 aliphatic rings. The predicted octanol–water partition coefficient (Wildman–Crippen LogP) is 2.93. The van der Waals surface area contributed by atoms with Gasteiger partial charge in [-0.1, -0.05) is 41.1 Å². The summed E-state index contributed by atoms with van der Waals surface area (Å²) in [6.07, 6.45) is 6.12. The molecule has 30 heavy (non-hydrogen) atoms. The van der Waals surface area contributed by atoms with Gasteiger partial charge in [0.1, 0.15) is 5.69 Å². The summed E-state index contributed by atoms with van der Waals surface area (Å²) in [5.74, 6) is 0. The van der Waals surface area contributed by atoms with Crippen molar-refractivity contribution in [3.8, 4) is 11.1 Å². The van der Waals surface area contributed by atoms with E-state index in [0.717, 1.165) is 43.0 Å². The number of likely N-dealkylation sites (N-methyl/N-ethyl adjacent to an activating group) is 1. The molecule has 1 aromatic carbocycles. The van der Waals surface area contributed by atoms with E-state index in [-0.39, 0.29) is 6.04 Å². The Balaban J connectivity index is 1.40. The standard InChI is InChI=1S/C23H27N7/c1-17-4-6-19(7-5-17)20-8-9-21-23(25-26-30(21)15-20)22-16-29(11-10-27(22)2)14-18-12-24-28(3)13-18/h4-9,12-13,15,22H,10-11,14,16H2,1-3H3. The van der Waals surface area contributed by atoms with Crippen LogP contribution in [0.25, 0.3) is 16.6 Å². The zero-order valence-electron chi connectivity index (χ0n) is 17.7. The van der Waals surface area contributed by atoms with Crippen molar-refractivity contribution >= 4 is 5.52 Å². The molecule has 1 fully saturated rings. The number of hydrogen-bond donors (Lipinski definition) is 0. The number of piperazine rings is 1. The maximum Gasteiger partial charge on any atom is 0.109 e. The summed E-state index contributed by atoms with van der Waals surface area (Å²) in [5.41, 5.74) is 6.97. The van der Waals surface area contributed by atoms with Crippen LogP contribution >= 0.6 is 0 Å². The number of aryl methyl sites for hydroxylation is 2. The third kappa shape index (κ3) is 3.62. The number of aromatic nitrogens is 5. The molecule has 3 aromatic heterocycles. The van der Waals surface area contributed by atoms with Crippen molar-refractivity contribution in [2.24, 2.45) is 7.05 Å². The summed E-state index contributed by atoms with van der Waals surface area (Å²) < 4.78 is 3.78. The van der Waals surface area contributed by atoms with Gasteiger partial charge < -0.3 is 0 Å². The molecule has 154 valence electrons. The lowest BCUT2D eigenvalue weighted by molar-refractivity contribution is 0.0889. The van der Waals surface area contributed by atoms with Crippen LogP contribution in [0.3, 0.4) is 0 Å². The van der Waals surface area contributed by atoms with Crippen molar-refractivity contribution in [2.45, 2.75) is 19.5 Å². The Morgan fingerprint density at radius 3 is 2.53 bits per heavy atom. The Morgan fingerprint density at radius 1 is 0.967 bits per heavy atom. The summed E-state index contributed by atoms with van der Waals surface area (Å²) in [6.45, 7) is 5.99. The highest BCUT2D eigenvalue weighted by Gasteiger charge is 2.29. The molecule has 1 saturated heterocycles. The monoisotopic (exact) mass is 401 g/mol. The van der Waals surface area contributed by atoms with E-state index >= 15 is 0 Å². The predicted molar refractivity (Wildman–Crippen MR) is 117 cm³/mol. The number of hydrogen-bond acceptors (Lipinski definition) is 5. The van der Waals surface area contributed by atoms with E-state index in [2.05, 4.69) is 88.0 Å². The normalized spacial score (nSPS) is 18.3. The average molecular weight is 402 g/mol. The van der Waals surface area contributed by atoms with Crippen molar-refractivity contribution in [3.63, 3.8) is 0 Å². The van der Waals surface area contributed by atoms with Crippen molar-refractivity contribution in [1.82, 2.24) is 34.4 Å². The largest absolute Gasteiger partial charge is 0.296 e. The Morgan fingerprint density at radius 2 is 1.77 bits per heavy atom. The van der Waals surface area contributed by atoms with E-state index in [4.69, 9.17) is 0 Å². The first-order valence-corrected chi connectivity index (χ1v) is 10.4. The van der Waals surface area contributed by atoms with Gasteiger partial charge in [-0.05, 0) is 25.6 Å². The van der Waals surface area contributed by atoms with E-state index in [9.17, 15) is 0 Å². The van der Waals surface area contributed by atoms with Gasteiger partial charge in [-0.25, -0.2) is 4.52 Å². The zero-order chi connectivity index (χ0) is 20.7. The van der Waals surface area contributed by atoms with Crippen LogP contribution in [-0.4, -0.2) is 61.1 Å². The average Bonchev–Trinajstić information content (AvgIpc) is 3.35. The van der Waals surface area contributed by atoms with Crippen LogP contribution in [0.1, 0.15) is 22.9 Å². The number of nitrogens with zero attached hydrogens (tertiary/aromatic N) is 7. The summed E-state index contributed by atoms with van der Waals surface area (Å²) in [6, 6.07) is 13.1. The molecule has 0 bridgehead atoms. The minimum atomic E-state index is 0.221. The quantitative estimate of drug-likeness (QED) is 0.526. The van der Waals surface area contributed by atoms with Crippen molar-refractivity contribution in [3.05, 3.63) is 71.8 Å². The number of fused-ring (bicyclic) bond motifs is 1. The van der Waals surface area contributed by atoms with Crippen LogP contribution in [0.2, 0.25) is 0 Å². The minimum Gasteiger partial charge on any atom is -0.296 e. The second kappa shape index (κ2) is 7.66. The maximum absolute atomic E-state index is 4.59. The van der Waals surface area contributed by atoms with Crippen LogP contribution in [0.5, 0.6) is 0 Å². The van der Waals surface area contributed by atoms with Crippen LogP contribution in [0.15, 0.2) is 55.0 Å². The highest BCUT2D eigenvalue weighted by atomic mass is 15.4. The number of rotatable bonds is 4. The molecule has 4 heterocycles. The third-order valence-corrected chi connectivity index (χ3v) is 6.04. The van der Waals surface area contributed by atoms with E-state index in [1.54, 1.807) is 0 Å². The Bertz CT molecular complexity index is 1160. The van der Waals surface area contributed by atoms with Crippen LogP contribution in [-0.2, 0) is 13.6 Å². The van der Waals surface area contributed by atoms with Crippen LogP contribution in [0.4, 0.5) is 0 Å². The molecule has 4 aromatic rings. The summed E-state index contributed by atoms with van der Waals surface area (Å²) in [5, 5.41) is 13.3. The second-order valence-electron chi connectivity index (χ2n) is 8.34. The molecular weight excluding hydrogens is 374 g/mol. The van der Waals surface area contributed by atoms with Gasteiger partial charge in [0.25, 0.3) is 0 Å². The van der Waals surface area contributed by atoms with Gasteiger partial charge >= 0.3 is 0 Å². The first-order chi connectivity index (χ1) is 14.6.